The summed E-state index contributed by atoms with van der Waals surface area (Å²) in [6.07, 6.45) is -4.40. The van der Waals surface area contributed by atoms with Crippen LogP contribution < -0.4 is 0 Å². The van der Waals surface area contributed by atoms with E-state index < -0.39 is 23.2 Å². The highest BCUT2D eigenvalue weighted by atomic mass is 19.4. The zero-order valence-corrected chi connectivity index (χ0v) is 12.5. The molecule has 2 heterocycles. The second-order valence-electron chi connectivity index (χ2n) is 6.18. The Hall–Kier alpha value is -1.83. The van der Waals surface area contributed by atoms with Crippen molar-refractivity contribution in [2.75, 3.05) is 26.7 Å². The lowest BCUT2D eigenvalue weighted by molar-refractivity contribution is -0.140. The molecule has 2 fully saturated rings. The molecule has 3 rings (SSSR count). The minimum absolute atomic E-state index is 0.318. The van der Waals surface area contributed by atoms with Crippen LogP contribution >= 0.6 is 0 Å². The Morgan fingerprint density at radius 1 is 1.30 bits per heavy atom. The Balaban J connectivity index is 1.67. The average Bonchev–Trinajstić information content (AvgIpc) is 2.92. The van der Waals surface area contributed by atoms with E-state index in [0.717, 1.165) is 12.1 Å². The first-order chi connectivity index (χ1) is 10.7. The number of halogens is 4. The molecule has 0 aromatic heterocycles. The SMILES string of the molecule is CN1CC2(CCN(Cc3ccc(C(F)(F)F)c(F)c3)C2)OC1=O. The molecule has 126 valence electrons. The van der Waals surface area contributed by atoms with Crippen LogP contribution in [-0.2, 0) is 17.5 Å². The van der Waals surface area contributed by atoms with Crippen LogP contribution in [0.25, 0.3) is 0 Å². The number of carbonyl (C=O) groups is 1. The first kappa shape index (κ1) is 16.0. The summed E-state index contributed by atoms with van der Waals surface area (Å²) in [5.74, 6) is -1.27. The van der Waals surface area contributed by atoms with E-state index in [0.29, 0.717) is 38.2 Å². The van der Waals surface area contributed by atoms with Crippen molar-refractivity contribution in [2.45, 2.75) is 24.7 Å². The number of carbonyl (C=O) groups excluding carboxylic acids is 1. The second-order valence-corrected chi connectivity index (χ2v) is 6.18. The molecule has 1 aromatic carbocycles. The highest BCUT2D eigenvalue weighted by Crippen LogP contribution is 2.34. The van der Waals surface area contributed by atoms with E-state index in [-0.39, 0.29) is 6.09 Å². The number of nitrogens with zero attached hydrogens (tertiary/aromatic N) is 2. The van der Waals surface area contributed by atoms with E-state index in [2.05, 4.69) is 0 Å². The van der Waals surface area contributed by atoms with Crippen molar-refractivity contribution >= 4 is 6.09 Å². The summed E-state index contributed by atoms with van der Waals surface area (Å²) in [5.41, 5.74) is -1.35. The van der Waals surface area contributed by atoms with Crippen LogP contribution in [0.5, 0.6) is 0 Å². The van der Waals surface area contributed by atoms with Crippen molar-refractivity contribution in [3.63, 3.8) is 0 Å². The molecule has 1 amide bonds. The molecule has 2 aliphatic rings. The third kappa shape index (κ3) is 3.12. The van der Waals surface area contributed by atoms with E-state index in [1.807, 2.05) is 4.90 Å². The van der Waals surface area contributed by atoms with Crippen molar-refractivity contribution in [3.05, 3.63) is 35.1 Å². The van der Waals surface area contributed by atoms with Gasteiger partial charge in [-0.3, -0.25) is 4.90 Å². The Labute approximate surface area is 130 Å². The number of likely N-dealkylation sites (tertiary alicyclic amines) is 1. The molecule has 0 aliphatic carbocycles. The summed E-state index contributed by atoms with van der Waals surface area (Å²) in [6.45, 7) is 1.94. The number of hydrogen-bond acceptors (Lipinski definition) is 3. The molecule has 2 saturated heterocycles. The predicted octanol–water partition coefficient (Wildman–Crippen LogP) is 2.87. The zero-order valence-electron chi connectivity index (χ0n) is 12.5. The van der Waals surface area contributed by atoms with Crippen LogP contribution in [0.4, 0.5) is 22.4 Å². The van der Waals surface area contributed by atoms with E-state index >= 15 is 0 Å². The summed E-state index contributed by atoms with van der Waals surface area (Å²) in [4.78, 5) is 15.0. The van der Waals surface area contributed by atoms with Gasteiger partial charge in [-0.2, -0.15) is 13.2 Å². The fourth-order valence-electron chi connectivity index (χ4n) is 3.21. The van der Waals surface area contributed by atoms with Gasteiger partial charge in [0.25, 0.3) is 0 Å². The summed E-state index contributed by atoms with van der Waals surface area (Å²) < 4.78 is 56.7. The smallest absolute Gasteiger partial charge is 0.419 e. The van der Waals surface area contributed by atoms with Crippen molar-refractivity contribution < 1.29 is 27.1 Å². The van der Waals surface area contributed by atoms with Gasteiger partial charge in [0.2, 0.25) is 0 Å². The van der Waals surface area contributed by atoms with Crippen LogP contribution in [0.2, 0.25) is 0 Å². The Kier molecular flexibility index (Phi) is 3.74. The summed E-state index contributed by atoms with van der Waals surface area (Å²) in [7, 11) is 1.66. The molecule has 1 unspecified atom stereocenters. The molecule has 0 radical (unpaired) electrons. The number of alkyl halides is 3. The monoisotopic (exact) mass is 332 g/mol. The second kappa shape index (κ2) is 5.36. The van der Waals surface area contributed by atoms with E-state index in [9.17, 15) is 22.4 Å². The molecule has 0 saturated carbocycles. The molecule has 0 N–H and O–H groups in total. The van der Waals surface area contributed by atoms with Gasteiger partial charge >= 0.3 is 12.3 Å². The lowest BCUT2D eigenvalue weighted by Crippen LogP contribution is -2.37. The van der Waals surface area contributed by atoms with Crippen LogP contribution in [0.15, 0.2) is 18.2 Å². The number of rotatable bonds is 2. The van der Waals surface area contributed by atoms with Gasteiger partial charge < -0.3 is 9.64 Å². The molecule has 1 spiro atoms. The van der Waals surface area contributed by atoms with E-state index in [1.54, 1.807) is 7.05 Å². The summed E-state index contributed by atoms with van der Waals surface area (Å²) in [6, 6.07) is 2.96. The molecule has 23 heavy (non-hydrogen) atoms. The van der Waals surface area contributed by atoms with Gasteiger partial charge in [-0.25, -0.2) is 9.18 Å². The number of amides is 1. The van der Waals surface area contributed by atoms with Crippen LogP contribution in [0.1, 0.15) is 17.5 Å². The predicted molar refractivity (Wildman–Crippen MR) is 73.1 cm³/mol. The van der Waals surface area contributed by atoms with Crippen molar-refractivity contribution in [3.8, 4) is 0 Å². The summed E-state index contributed by atoms with van der Waals surface area (Å²) >= 11 is 0. The molecular formula is C15H16F4N2O2. The molecule has 8 heteroatoms. The largest absolute Gasteiger partial charge is 0.439 e. The fraction of sp³-hybridized carbons (Fsp3) is 0.533. The van der Waals surface area contributed by atoms with Crippen LogP contribution in [0.3, 0.4) is 0 Å². The molecule has 0 bridgehead atoms. The average molecular weight is 332 g/mol. The van der Waals surface area contributed by atoms with Gasteiger partial charge in [0.15, 0.2) is 0 Å². The fourth-order valence-corrected chi connectivity index (χ4v) is 3.21. The maximum atomic E-state index is 13.6. The molecule has 1 atom stereocenters. The van der Waals surface area contributed by atoms with Gasteiger partial charge in [-0.1, -0.05) is 6.07 Å². The number of likely N-dealkylation sites (N-methyl/N-ethyl adjacent to an activating group) is 1. The highest BCUT2D eigenvalue weighted by Gasteiger charge is 2.48. The van der Waals surface area contributed by atoms with Gasteiger partial charge in [0.05, 0.1) is 12.1 Å². The number of benzene rings is 1. The number of hydrogen-bond donors (Lipinski definition) is 0. The minimum Gasteiger partial charge on any atom is -0.439 e. The quantitative estimate of drug-likeness (QED) is 0.781. The minimum atomic E-state index is -4.69. The Morgan fingerprint density at radius 2 is 2.04 bits per heavy atom. The van der Waals surface area contributed by atoms with Gasteiger partial charge in [-0.15, -0.1) is 0 Å². The van der Waals surface area contributed by atoms with E-state index in [4.69, 9.17) is 4.74 Å². The van der Waals surface area contributed by atoms with Gasteiger partial charge in [-0.05, 0) is 17.7 Å². The first-order valence-electron chi connectivity index (χ1n) is 7.21. The Morgan fingerprint density at radius 3 is 2.61 bits per heavy atom. The Bertz CT molecular complexity index is 634. The highest BCUT2D eigenvalue weighted by molar-refractivity contribution is 5.70. The zero-order chi connectivity index (χ0) is 16.8. The van der Waals surface area contributed by atoms with Gasteiger partial charge in [0, 0.05) is 33.1 Å². The van der Waals surface area contributed by atoms with Crippen LogP contribution in [0, 0.1) is 5.82 Å². The number of ether oxygens (including phenoxy) is 1. The van der Waals surface area contributed by atoms with Crippen molar-refractivity contribution in [1.82, 2.24) is 9.80 Å². The van der Waals surface area contributed by atoms with Crippen LogP contribution in [-0.4, -0.2) is 48.2 Å². The third-order valence-electron chi connectivity index (χ3n) is 4.28. The molecule has 1 aromatic rings. The normalized spacial score (nSPS) is 25.4. The maximum Gasteiger partial charge on any atom is 0.419 e. The van der Waals surface area contributed by atoms with Crippen molar-refractivity contribution in [1.29, 1.82) is 0 Å². The lowest BCUT2D eigenvalue weighted by Gasteiger charge is -2.22. The molecule has 2 aliphatic heterocycles. The van der Waals surface area contributed by atoms with Crippen molar-refractivity contribution in [2.24, 2.45) is 0 Å². The van der Waals surface area contributed by atoms with Gasteiger partial charge in [0.1, 0.15) is 11.4 Å². The van der Waals surface area contributed by atoms with E-state index in [1.165, 1.54) is 11.0 Å². The topological polar surface area (TPSA) is 32.8 Å². The maximum absolute atomic E-state index is 13.6. The lowest BCUT2D eigenvalue weighted by atomic mass is 10.0. The molecule has 4 nitrogen and oxygen atoms in total. The molecular weight excluding hydrogens is 316 g/mol. The first-order valence-corrected chi connectivity index (χ1v) is 7.21. The standard InChI is InChI=1S/C15H16F4N2O2/c1-20-8-14(23-13(20)22)4-5-21(9-14)7-10-2-3-11(12(16)6-10)15(17,18)19/h2-3,6H,4-5,7-9H2,1H3. The summed E-state index contributed by atoms with van der Waals surface area (Å²) in [5, 5.41) is 0. The third-order valence-corrected chi connectivity index (χ3v) is 4.28.